The van der Waals surface area contributed by atoms with Gasteiger partial charge in [-0.15, -0.1) is 0 Å². The average Bonchev–Trinajstić information content (AvgIpc) is 2.78. The SMILES string of the molecule is COCC(CCCNC(=O)OC(C)(C)C)NC1CCCC1C. The number of nitrogens with one attached hydrogen (secondary N) is 2. The Hall–Kier alpha value is -0.810. The summed E-state index contributed by atoms with van der Waals surface area (Å²) in [6.07, 6.45) is 5.47. The van der Waals surface area contributed by atoms with Crippen molar-refractivity contribution in [3.8, 4) is 0 Å². The van der Waals surface area contributed by atoms with Crippen molar-refractivity contribution in [2.24, 2.45) is 5.92 Å². The zero-order valence-corrected chi connectivity index (χ0v) is 14.9. The van der Waals surface area contributed by atoms with Gasteiger partial charge in [0.1, 0.15) is 5.60 Å². The summed E-state index contributed by atoms with van der Waals surface area (Å²) in [5.41, 5.74) is -0.442. The predicted octanol–water partition coefficient (Wildman–Crippen LogP) is 3.08. The summed E-state index contributed by atoms with van der Waals surface area (Å²) < 4.78 is 10.5. The van der Waals surface area contributed by atoms with Gasteiger partial charge in [0.25, 0.3) is 0 Å². The average molecular weight is 314 g/mol. The molecule has 22 heavy (non-hydrogen) atoms. The van der Waals surface area contributed by atoms with Gasteiger partial charge in [-0.2, -0.15) is 0 Å². The first kappa shape index (κ1) is 19.2. The molecular formula is C17H34N2O3. The second-order valence-electron chi connectivity index (χ2n) is 7.40. The lowest BCUT2D eigenvalue weighted by molar-refractivity contribution is 0.0526. The molecule has 0 bridgehead atoms. The highest BCUT2D eigenvalue weighted by molar-refractivity contribution is 5.67. The van der Waals surface area contributed by atoms with Crippen molar-refractivity contribution in [2.75, 3.05) is 20.3 Å². The largest absolute Gasteiger partial charge is 0.444 e. The summed E-state index contributed by atoms with van der Waals surface area (Å²) in [5, 5.41) is 6.53. The van der Waals surface area contributed by atoms with Gasteiger partial charge in [-0.25, -0.2) is 4.79 Å². The number of hydrogen-bond acceptors (Lipinski definition) is 4. The summed E-state index contributed by atoms with van der Waals surface area (Å²) in [4.78, 5) is 11.6. The van der Waals surface area contributed by atoms with Crippen LogP contribution >= 0.6 is 0 Å². The highest BCUT2D eigenvalue weighted by Crippen LogP contribution is 2.25. The third-order valence-corrected chi connectivity index (χ3v) is 4.08. The predicted molar refractivity (Wildman–Crippen MR) is 89.1 cm³/mol. The van der Waals surface area contributed by atoms with E-state index in [9.17, 15) is 4.79 Å². The van der Waals surface area contributed by atoms with Crippen LogP contribution in [0.2, 0.25) is 0 Å². The van der Waals surface area contributed by atoms with Gasteiger partial charge in [0.05, 0.1) is 6.61 Å². The third-order valence-electron chi connectivity index (χ3n) is 4.08. The fourth-order valence-electron chi connectivity index (χ4n) is 2.96. The number of amides is 1. The van der Waals surface area contributed by atoms with Gasteiger partial charge in [-0.3, -0.25) is 0 Å². The molecule has 0 heterocycles. The van der Waals surface area contributed by atoms with Crippen molar-refractivity contribution < 1.29 is 14.3 Å². The van der Waals surface area contributed by atoms with Crippen molar-refractivity contribution >= 4 is 6.09 Å². The molecule has 0 aromatic heterocycles. The number of alkyl carbamates (subject to hydrolysis) is 1. The minimum atomic E-state index is -0.442. The summed E-state index contributed by atoms with van der Waals surface area (Å²) in [6, 6.07) is 0.968. The van der Waals surface area contributed by atoms with Crippen molar-refractivity contribution in [3.05, 3.63) is 0 Å². The third kappa shape index (κ3) is 7.99. The van der Waals surface area contributed by atoms with Crippen molar-refractivity contribution in [1.82, 2.24) is 10.6 Å². The molecule has 1 saturated carbocycles. The lowest BCUT2D eigenvalue weighted by atomic mass is 10.0. The Morgan fingerprint density at radius 3 is 2.59 bits per heavy atom. The number of methoxy groups -OCH3 is 1. The molecular weight excluding hydrogens is 280 g/mol. The maximum Gasteiger partial charge on any atom is 0.407 e. The van der Waals surface area contributed by atoms with E-state index in [1.165, 1.54) is 19.3 Å². The van der Waals surface area contributed by atoms with Crippen LogP contribution in [0.25, 0.3) is 0 Å². The second kappa shape index (κ2) is 9.36. The zero-order chi connectivity index (χ0) is 16.6. The highest BCUT2D eigenvalue weighted by atomic mass is 16.6. The Morgan fingerprint density at radius 1 is 1.32 bits per heavy atom. The molecule has 1 aliphatic carbocycles. The molecule has 1 rings (SSSR count). The van der Waals surface area contributed by atoms with Crippen LogP contribution in [0.4, 0.5) is 4.79 Å². The van der Waals surface area contributed by atoms with E-state index in [0.29, 0.717) is 18.6 Å². The molecule has 2 N–H and O–H groups in total. The Morgan fingerprint density at radius 2 is 2.05 bits per heavy atom. The monoisotopic (exact) mass is 314 g/mol. The molecule has 1 amide bonds. The number of carbonyl (C=O) groups excluding carboxylic acids is 1. The maximum absolute atomic E-state index is 11.6. The fraction of sp³-hybridized carbons (Fsp3) is 0.941. The Labute approximate surface area is 135 Å². The molecule has 5 nitrogen and oxygen atoms in total. The van der Waals surface area contributed by atoms with Gasteiger partial charge >= 0.3 is 6.09 Å². The van der Waals surface area contributed by atoms with Crippen LogP contribution in [-0.4, -0.2) is 44.0 Å². The summed E-state index contributed by atoms with van der Waals surface area (Å²) in [6.45, 7) is 9.28. The normalized spacial score (nSPS) is 23.3. The van der Waals surface area contributed by atoms with Crippen LogP contribution in [0.1, 0.15) is 59.8 Å². The molecule has 1 fully saturated rings. The zero-order valence-electron chi connectivity index (χ0n) is 14.9. The molecule has 0 aromatic rings. The molecule has 130 valence electrons. The van der Waals surface area contributed by atoms with Crippen LogP contribution in [0.3, 0.4) is 0 Å². The van der Waals surface area contributed by atoms with E-state index < -0.39 is 5.60 Å². The lowest BCUT2D eigenvalue weighted by Crippen LogP contribution is -2.42. The van der Waals surface area contributed by atoms with Crippen molar-refractivity contribution in [1.29, 1.82) is 0 Å². The maximum atomic E-state index is 11.6. The molecule has 0 spiro atoms. The van der Waals surface area contributed by atoms with E-state index >= 15 is 0 Å². The number of hydrogen-bond donors (Lipinski definition) is 2. The van der Waals surface area contributed by atoms with E-state index in [1.807, 2.05) is 20.8 Å². The first-order chi connectivity index (χ1) is 10.3. The molecule has 5 heteroatoms. The number of rotatable bonds is 8. The number of ether oxygens (including phenoxy) is 2. The van der Waals surface area contributed by atoms with E-state index in [-0.39, 0.29) is 6.09 Å². The minimum absolute atomic E-state index is 0.340. The van der Waals surface area contributed by atoms with E-state index in [0.717, 1.165) is 25.4 Å². The van der Waals surface area contributed by atoms with Crippen LogP contribution in [0.5, 0.6) is 0 Å². The first-order valence-electron chi connectivity index (χ1n) is 8.53. The second-order valence-corrected chi connectivity index (χ2v) is 7.40. The van der Waals surface area contributed by atoms with Gasteiger partial charge in [-0.1, -0.05) is 13.3 Å². The summed E-state index contributed by atoms with van der Waals surface area (Å²) in [7, 11) is 1.74. The topological polar surface area (TPSA) is 59.6 Å². The summed E-state index contributed by atoms with van der Waals surface area (Å²) >= 11 is 0. The summed E-state index contributed by atoms with van der Waals surface area (Å²) in [5.74, 6) is 0.749. The van der Waals surface area contributed by atoms with Crippen LogP contribution in [0.15, 0.2) is 0 Å². The van der Waals surface area contributed by atoms with Gasteiger partial charge in [0.15, 0.2) is 0 Å². The Kier molecular flexibility index (Phi) is 8.18. The minimum Gasteiger partial charge on any atom is -0.444 e. The van der Waals surface area contributed by atoms with Crippen molar-refractivity contribution in [3.63, 3.8) is 0 Å². The highest BCUT2D eigenvalue weighted by Gasteiger charge is 2.25. The smallest absolute Gasteiger partial charge is 0.407 e. The Bertz CT molecular complexity index is 328. The van der Waals surface area contributed by atoms with E-state index in [4.69, 9.17) is 9.47 Å². The van der Waals surface area contributed by atoms with Gasteiger partial charge in [0.2, 0.25) is 0 Å². The van der Waals surface area contributed by atoms with Gasteiger partial charge < -0.3 is 20.1 Å². The quantitative estimate of drug-likeness (QED) is 0.676. The molecule has 3 atom stereocenters. The standard InChI is InChI=1S/C17H34N2O3/c1-13-8-6-10-15(13)19-14(12-21-5)9-7-11-18-16(20)22-17(2,3)4/h13-15,19H,6-12H2,1-5H3,(H,18,20). The van der Waals surface area contributed by atoms with E-state index in [1.54, 1.807) is 7.11 Å². The van der Waals surface area contributed by atoms with Gasteiger partial charge in [-0.05, 0) is 52.4 Å². The molecule has 0 saturated heterocycles. The first-order valence-corrected chi connectivity index (χ1v) is 8.53. The molecule has 0 radical (unpaired) electrons. The van der Waals surface area contributed by atoms with Gasteiger partial charge in [0, 0.05) is 25.7 Å². The number of carbonyl (C=O) groups is 1. The fourth-order valence-corrected chi connectivity index (χ4v) is 2.96. The lowest BCUT2D eigenvalue weighted by Gasteiger charge is -2.25. The van der Waals surface area contributed by atoms with Crippen LogP contribution < -0.4 is 10.6 Å². The van der Waals surface area contributed by atoms with Crippen molar-refractivity contribution in [2.45, 2.75) is 77.5 Å². The molecule has 0 aliphatic heterocycles. The molecule has 0 aromatic carbocycles. The van der Waals surface area contributed by atoms with Crippen LogP contribution in [-0.2, 0) is 9.47 Å². The van der Waals surface area contributed by atoms with E-state index in [2.05, 4.69) is 17.6 Å². The van der Waals surface area contributed by atoms with Crippen LogP contribution in [0, 0.1) is 5.92 Å². The molecule has 1 aliphatic rings. The molecule has 3 unspecified atom stereocenters. The Balaban J connectivity index is 2.22.